The van der Waals surface area contributed by atoms with E-state index in [0.717, 1.165) is 5.56 Å². The molecule has 0 saturated heterocycles. The fraction of sp³-hybridized carbons (Fsp3) is 0.222. The first kappa shape index (κ1) is 18.1. The Hall–Kier alpha value is -1.75. The van der Waals surface area contributed by atoms with E-state index >= 15 is 0 Å². The lowest BCUT2D eigenvalue weighted by Crippen LogP contribution is -2.20. The van der Waals surface area contributed by atoms with Crippen molar-refractivity contribution < 1.29 is 9.59 Å². The summed E-state index contributed by atoms with van der Waals surface area (Å²) in [5.41, 5.74) is 2.13. The van der Waals surface area contributed by atoms with Crippen molar-refractivity contribution in [1.29, 1.82) is 0 Å². The summed E-state index contributed by atoms with van der Waals surface area (Å²) in [5.74, 6) is -1.05. The molecule has 2 aromatic carbocycles. The fourth-order valence-corrected chi connectivity index (χ4v) is 3.10. The van der Waals surface area contributed by atoms with Gasteiger partial charge < -0.3 is 10.6 Å². The number of nitrogens with one attached hydrogen (secondary N) is 2. The van der Waals surface area contributed by atoms with E-state index in [0.29, 0.717) is 32.9 Å². The number of carbonyl (C=O) groups is 2. The maximum absolute atomic E-state index is 12.3. The van der Waals surface area contributed by atoms with Crippen LogP contribution in [-0.2, 0) is 9.59 Å². The molecule has 1 saturated carbocycles. The zero-order valence-electron chi connectivity index (χ0n) is 13.3. The minimum absolute atomic E-state index is 0.167. The predicted octanol–water partition coefficient (Wildman–Crippen LogP) is 5.17. The normalized spacial score (nSPS) is 18.6. The Bertz CT molecular complexity index is 854. The van der Waals surface area contributed by atoms with Crippen molar-refractivity contribution in [2.75, 3.05) is 10.6 Å². The maximum atomic E-state index is 12.3. The van der Waals surface area contributed by atoms with Gasteiger partial charge in [0, 0.05) is 16.4 Å². The number of aryl methyl sites for hydroxylation is 1. The molecule has 0 bridgehead atoms. The summed E-state index contributed by atoms with van der Waals surface area (Å²) in [4.78, 5) is 24.6. The van der Waals surface area contributed by atoms with Crippen LogP contribution in [0.3, 0.4) is 0 Å². The molecule has 2 aromatic rings. The number of hydrogen-bond acceptors (Lipinski definition) is 2. The lowest BCUT2D eigenvalue weighted by molar-refractivity contribution is -0.122. The first-order valence-corrected chi connectivity index (χ1v) is 8.81. The van der Waals surface area contributed by atoms with E-state index in [1.54, 1.807) is 36.4 Å². The van der Waals surface area contributed by atoms with Gasteiger partial charge in [-0.05, 0) is 55.3 Å². The molecular weight excluding hydrogens is 383 g/mol. The van der Waals surface area contributed by atoms with Crippen molar-refractivity contribution in [3.05, 3.63) is 57.0 Å². The van der Waals surface area contributed by atoms with Crippen molar-refractivity contribution in [3.63, 3.8) is 0 Å². The average Bonchev–Trinajstić information content (AvgIpc) is 3.34. The molecule has 2 unspecified atom stereocenters. The molecule has 0 radical (unpaired) electrons. The van der Waals surface area contributed by atoms with Crippen LogP contribution in [0.25, 0.3) is 0 Å². The summed E-state index contributed by atoms with van der Waals surface area (Å²) < 4.78 is 0. The van der Waals surface area contributed by atoms with Crippen LogP contribution in [-0.4, -0.2) is 11.8 Å². The predicted molar refractivity (Wildman–Crippen MR) is 102 cm³/mol. The van der Waals surface area contributed by atoms with Gasteiger partial charge in [0.1, 0.15) is 0 Å². The average molecular weight is 398 g/mol. The smallest absolute Gasteiger partial charge is 0.228 e. The number of halogens is 3. The first-order valence-electron chi connectivity index (χ1n) is 7.68. The van der Waals surface area contributed by atoms with E-state index in [1.807, 2.05) is 6.92 Å². The summed E-state index contributed by atoms with van der Waals surface area (Å²) in [6.45, 7) is 1.86. The molecule has 130 valence electrons. The van der Waals surface area contributed by atoms with Crippen molar-refractivity contribution >= 4 is 58.0 Å². The third kappa shape index (κ3) is 4.27. The molecule has 2 atom stereocenters. The topological polar surface area (TPSA) is 58.2 Å². The van der Waals surface area contributed by atoms with Crippen molar-refractivity contribution in [3.8, 4) is 0 Å². The highest BCUT2D eigenvalue weighted by Gasteiger charge is 2.48. The minimum atomic E-state index is -0.345. The Morgan fingerprint density at radius 1 is 0.920 bits per heavy atom. The first-order chi connectivity index (χ1) is 11.8. The van der Waals surface area contributed by atoms with Gasteiger partial charge in [0.15, 0.2) is 0 Å². The zero-order valence-corrected chi connectivity index (χ0v) is 15.5. The Labute approximate surface area is 160 Å². The number of anilines is 2. The van der Waals surface area contributed by atoms with Gasteiger partial charge in [0.2, 0.25) is 11.8 Å². The van der Waals surface area contributed by atoms with Crippen LogP contribution in [0.1, 0.15) is 12.0 Å². The molecule has 0 spiro atoms. The highest BCUT2D eigenvalue weighted by Crippen LogP contribution is 2.40. The van der Waals surface area contributed by atoms with Crippen LogP contribution >= 0.6 is 34.8 Å². The largest absolute Gasteiger partial charge is 0.326 e. The van der Waals surface area contributed by atoms with Gasteiger partial charge in [-0.15, -0.1) is 0 Å². The van der Waals surface area contributed by atoms with Gasteiger partial charge in [0.25, 0.3) is 0 Å². The van der Waals surface area contributed by atoms with Crippen molar-refractivity contribution in [1.82, 2.24) is 0 Å². The molecule has 0 aliphatic heterocycles. The summed E-state index contributed by atoms with van der Waals surface area (Å²) in [7, 11) is 0. The lowest BCUT2D eigenvalue weighted by atomic mass is 10.2. The second-order valence-corrected chi connectivity index (χ2v) is 7.27. The molecular formula is C18H15Cl3N2O2. The number of rotatable bonds is 4. The molecule has 0 heterocycles. The fourth-order valence-electron chi connectivity index (χ4n) is 2.58. The summed E-state index contributed by atoms with van der Waals surface area (Å²) in [6.07, 6.45) is 0.519. The highest BCUT2D eigenvalue weighted by atomic mass is 35.5. The lowest BCUT2D eigenvalue weighted by Gasteiger charge is -2.09. The Morgan fingerprint density at radius 2 is 1.60 bits per heavy atom. The Morgan fingerprint density at radius 3 is 2.24 bits per heavy atom. The van der Waals surface area contributed by atoms with E-state index < -0.39 is 0 Å². The van der Waals surface area contributed by atoms with Crippen molar-refractivity contribution in [2.24, 2.45) is 11.8 Å². The molecule has 7 heteroatoms. The molecule has 1 fully saturated rings. The van der Waals surface area contributed by atoms with Gasteiger partial charge >= 0.3 is 0 Å². The van der Waals surface area contributed by atoms with Crippen LogP contribution in [0, 0.1) is 18.8 Å². The van der Waals surface area contributed by atoms with Gasteiger partial charge in [-0.3, -0.25) is 9.59 Å². The standard InChI is InChI=1S/C18H15Cl3N2O2/c1-9-6-10(19)2-5-16(9)23-18(25)13-8-12(13)17(24)22-11-3-4-14(20)15(21)7-11/h2-7,12-13H,8H2,1H3,(H,22,24)(H,23,25). The van der Waals surface area contributed by atoms with Crippen molar-refractivity contribution in [2.45, 2.75) is 13.3 Å². The monoisotopic (exact) mass is 396 g/mol. The van der Waals surface area contributed by atoms with E-state index in [9.17, 15) is 9.59 Å². The zero-order chi connectivity index (χ0) is 18.1. The quantitative estimate of drug-likeness (QED) is 0.748. The highest BCUT2D eigenvalue weighted by molar-refractivity contribution is 6.42. The second-order valence-electron chi connectivity index (χ2n) is 6.02. The van der Waals surface area contributed by atoms with E-state index in [4.69, 9.17) is 34.8 Å². The Kier molecular flexibility index (Phi) is 5.23. The van der Waals surface area contributed by atoms with Crippen LogP contribution in [0.4, 0.5) is 11.4 Å². The molecule has 2 amide bonds. The van der Waals surface area contributed by atoms with E-state index in [-0.39, 0.29) is 23.7 Å². The molecule has 1 aliphatic carbocycles. The molecule has 0 aromatic heterocycles. The minimum Gasteiger partial charge on any atom is -0.326 e. The van der Waals surface area contributed by atoms with Gasteiger partial charge in [-0.2, -0.15) is 0 Å². The summed E-state index contributed by atoms with van der Waals surface area (Å²) >= 11 is 17.7. The number of hydrogen-bond donors (Lipinski definition) is 2. The third-order valence-electron chi connectivity index (χ3n) is 4.10. The van der Waals surface area contributed by atoms with Crippen LogP contribution in [0.5, 0.6) is 0 Å². The van der Waals surface area contributed by atoms with Crippen LogP contribution < -0.4 is 10.6 Å². The number of benzene rings is 2. The van der Waals surface area contributed by atoms with E-state index in [2.05, 4.69) is 10.6 Å². The molecule has 2 N–H and O–H groups in total. The van der Waals surface area contributed by atoms with Crippen LogP contribution in [0.15, 0.2) is 36.4 Å². The van der Waals surface area contributed by atoms with Gasteiger partial charge in [0.05, 0.1) is 21.9 Å². The van der Waals surface area contributed by atoms with Gasteiger partial charge in [-0.25, -0.2) is 0 Å². The number of carbonyl (C=O) groups excluding carboxylic acids is 2. The molecule has 3 rings (SSSR count). The number of amides is 2. The van der Waals surface area contributed by atoms with E-state index in [1.165, 1.54) is 0 Å². The molecule has 4 nitrogen and oxygen atoms in total. The maximum Gasteiger partial charge on any atom is 0.228 e. The molecule has 25 heavy (non-hydrogen) atoms. The van der Waals surface area contributed by atoms with Gasteiger partial charge in [-0.1, -0.05) is 34.8 Å². The Balaban J connectivity index is 1.58. The molecule has 1 aliphatic rings. The summed E-state index contributed by atoms with van der Waals surface area (Å²) in [5, 5.41) is 7.00. The third-order valence-corrected chi connectivity index (χ3v) is 5.07. The second kappa shape index (κ2) is 7.24. The van der Waals surface area contributed by atoms with Crippen LogP contribution in [0.2, 0.25) is 15.1 Å². The SMILES string of the molecule is Cc1cc(Cl)ccc1NC(=O)C1CC1C(=O)Nc1ccc(Cl)c(Cl)c1. The summed E-state index contributed by atoms with van der Waals surface area (Å²) in [6, 6.07) is 10.1.